The summed E-state index contributed by atoms with van der Waals surface area (Å²) in [6.45, 7) is 6.05. The molecule has 4 nitrogen and oxygen atoms in total. The first-order valence-electron chi connectivity index (χ1n) is 8.30. The molecular formula is C17H27N3O. The van der Waals surface area contributed by atoms with E-state index in [0.29, 0.717) is 11.8 Å². The van der Waals surface area contributed by atoms with Crippen molar-refractivity contribution in [3.8, 4) is 0 Å². The van der Waals surface area contributed by atoms with Gasteiger partial charge in [0.25, 0.3) is 0 Å². The van der Waals surface area contributed by atoms with E-state index in [-0.39, 0.29) is 5.92 Å². The Morgan fingerprint density at radius 1 is 1.38 bits per heavy atom. The topological polar surface area (TPSA) is 46.1 Å². The molecule has 2 rings (SSSR count). The highest BCUT2D eigenvalue weighted by atomic mass is 16.2. The van der Waals surface area contributed by atoms with E-state index in [2.05, 4.69) is 28.7 Å². The number of hydrogen-bond acceptors (Lipinski definition) is 3. The Balaban J connectivity index is 2.01. The number of carbonyl (C=O) groups excluding carboxylic acids is 1. The molecule has 0 N–H and O–H groups in total. The lowest BCUT2D eigenvalue weighted by atomic mass is 9.91. The quantitative estimate of drug-likeness (QED) is 0.806. The second kappa shape index (κ2) is 8.11. The third-order valence-electron chi connectivity index (χ3n) is 4.38. The number of likely N-dealkylation sites (tertiary alicyclic amines) is 1. The first-order chi connectivity index (χ1) is 10.3. The largest absolute Gasteiger partial charge is 0.342 e. The molecule has 21 heavy (non-hydrogen) atoms. The molecule has 0 unspecified atom stereocenters. The number of carbonyl (C=O) groups is 1. The molecule has 1 aromatic heterocycles. The van der Waals surface area contributed by atoms with E-state index in [1.807, 2.05) is 6.07 Å². The Bertz CT molecular complexity index is 429. The number of aromatic nitrogens is 2. The molecule has 1 amide bonds. The molecule has 0 radical (unpaired) electrons. The maximum absolute atomic E-state index is 12.7. The van der Waals surface area contributed by atoms with Crippen molar-refractivity contribution in [2.24, 2.45) is 5.92 Å². The average molecular weight is 289 g/mol. The smallest absolute Gasteiger partial charge is 0.225 e. The van der Waals surface area contributed by atoms with Crippen LogP contribution in [0.1, 0.15) is 64.0 Å². The van der Waals surface area contributed by atoms with Crippen LogP contribution in [0.2, 0.25) is 0 Å². The zero-order chi connectivity index (χ0) is 15.1. The van der Waals surface area contributed by atoms with Crippen LogP contribution in [0.3, 0.4) is 0 Å². The van der Waals surface area contributed by atoms with E-state index in [0.717, 1.165) is 57.3 Å². The summed E-state index contributed by atoms with van der Waals surface area (Å²) in [5.74, 6) is 0.941. The minimum Gasteiger partial charge on any atom is -0.342 e. The van der Waals surface area contributed by atoms with Crippen molar-refractivity contribution in [2.75, 3.05) is 13.1 Å². The third-order valence-corrected chi connectivity index (χ3v) is 4.38. The lowest BCUT2D eigenvalue weighted by Gasteiger charge is -2.34. The lowest BCUT2D eigenvalue weighted by molar-refractivity contribution is -0.137. The van der Waals surface area contributed by atoms with Crippen LogP contribution in [0.5, 0.6) is 0 Å². The summed E-state index contributed by atoms with van der Waals surface area (Å²) in [4.78, 5) is 23.2. The van der Waals surface area contributed by atoms with Crippen LogP contribution in [0.25, 0.3) is 0 Å². The third kappa shape index (κ3) is 4.26. The predicted molar refractivity (Wildman–Crippen MR) is 83.9 cm³/mol. The van der Waals surface area contributed by atoms with Gasteiger partial charge in [0, 0.05) is 36.8 Å². The molecule has 0 spiro atoms. The van der Waals surface area contributed by atoms with Crippen molar-refractivity contribution < 1.29 is 4.79 Å². The molecule has 4 heteroatoms. The Labute approximate surface area is 128 Å². The SMILES string of the molecule is CCCC(CCC)C(=O)N1CCC[C@H](c2ccncn2)C1. The summed E-state index contributed by atoms with van der Waals surface area (Å²) in [6, 6.07) is 1.98. The van der Waals surface area contributed by atoms with Crippen LogP contribution in [-0.2, 0) is 4.79 Å². The van der Waals surface area contributed by atoms with Crippen molar-refractivity contribution in [3.05, 3.63) is 24.3 Å². The van der Waals surface area contributed by atoms with Crippen molar-refractivity contribution in [1.29, 1.82) is 0 Å². The standard InChI is InChI=1S/C17H27N3O/c1-3-6-14(7-4-2)17(21)20-11-5-8-15(12-20)16-9-10-18-13-19-16/h9-10,13-15H,3-8,11-12H2,1-2H3/t15-/m0/s1. The predicted octanol–water partition coefficient (Wildman–Crippen LogP) is 3.40. The summed E-state index contributed by atoms with van der Waals surface area (Å²) in [7, 11) is 0. The minimum absolute atomic E-state index is 0.212. The van der Waals surface area contributed by atoms with Gasteiger partial charge < -0.3 is 4.90 Å². The Kier molecular flexibility index (Phi) is 6.15. The Morgan fingerprint density at radius 2 is 2.14 bits per heavy atom. The second-order valence-corrected chi connectivity index (χ2v) is 6.03. The van der Waals surface area contributed by atoms with Crippen molar-refractivity contribution in [1.82, 2.24) is 14.9 Å². The average Bonchev–Trinajstić information content (AvgIpc) is 2.55. The highest BCUT2D eigenvalue weighted by Crippen LogP contribution is 2.27. The van der Waals surface area contributed by atoms with Crippen molar-refractivity contribution in [3.63, 3.8) is 0 Å². The number of amides is 1. The van der Waals surface area contributed by atoms with Gasteiger partial charge in [-0.3, -0.25) is 4.79 Å². The van der Waals surface area contributed by atoms with Crippen LogP contribution in [0.4, 0.5) is 0 Å². The van der Waals surface area contributed by atoms with E-state index >= 15 is 0 Å². The molecule has 116 valence electrons. The van der Waals surface area contributed by atoms with E-state index in [1.165, 1.54) is 0 Å². The van der Waals surface area contributed by atoms with Gasteiger partial charge in [-0.2, -0.15) is 0 Å². The number of piperidine rings is 1. The van der Waals surface area contributed by atoms with E-state index in [4.69, 9.17) is 0 Å². The zero-order valence-electron chi connectivity index (χ0n) is 13.3. The first kappa shape index (κ1) is 15.9. The fraction of sp³-hybridized carbons (Fsp3) is 0.706. The summed E-state index contributed by atoms with van der Waals surface area (Å²) >= 11 is 0. The van der Waals surface area contributed by atoms with Crippen molar-refractivity contribution in [2.45, 2.75) is 58.3 Å². The molecular weight excluding hydrogens is 262 g/mol. The van der Waals surface area contributed by atoms with Gasteiger partial charge in [0.2, 0.25) is 5.91 Å². The Hall–Kier alpha value is -1.45. The second-order valence-electron chi connectivity index (χ2n) is 6.03. The van der Waals surface area contributed by atoms with Gasteiger partial charge in [0.1, 0.15) is 6.33 Å². The van der Waals surface area contributed by atoms with Gasteiger partial charge in [-0.25, -0.2) is 9.97 Å². The normalized spacial score (nSPS) is 19.0. The van der Waals surface area contributed by atoms with Crippen LogP contribution < -0.4 is 0 Å². The summed E-state index contributed by atoms with van der Waals surface area (Å²) in [5, 5.41) is 0. The maximum Gasteiger partial charge on any atom is 0.225 e. The fourth-order valence-electron chi connectivity index (χ4n) is 3.31. The minimum atomic E-state index is 0.212. The first-order valence-corrected chi connectivity index (χ1v) is 8.30. The van der Waals surface area contributed by atoms with Gasteiger partial charge >= 0.3 is 0 Å². The number of nitrogens with zero attached hydrogens (tertiary/aromatic N) is 3. The van der Waals surface area contributed by atoms with E-state index in [9.17, 15) is 4.79 Å². The number of hydrogen-bond donors (Lipinski definition) is 0. The molecule has 0 saturated carbocycles. The molecule has 1 aliphatic rings. The van der Waals surface area contributed by atoms with Crippen LogP contribution in [0.15, 0.2) is 18.6 Å². The lowest BCUT2D eigenvalue weighted by Crippen LogP contribution is -2.42. The van der Waals surface area contributed by atoms with Gasteiger partial charge in [-0.1, -0.05) is 26.7 Å². The fourth-order valence-corrected chi connectivity index (χ4v) is 3.31. The van der Waals surface area contributed by atoms with Crippen molar-refractivity contribution >= 4 is 5.91 Å². The molecule has 0 aliphatic carbocycles. The number of rotatable bonds is 6. The monoisotopic (exact) mass is 289 g/mol. The molecule has 0 aromatic carbocycles. The van der Waals surface area contributed by atoms with Crippen LogP contribution in [-0.4, -0.2) is 33.9 Å². The highest BCUT2D eigenvalue weighted by Gasteiger charge is 2.29. The van der Waals surface area contributed by atoms with Crippen LogP contribution >= 0.6 is 0 Å². The van der Waals surface area contributed by atoms with E-state index in [1.54, 1.807) is 12.5 Å². The molecule has 2 heterocycles. The van der Waals surface area contributed by atoms with E-state index < -0.39 is 0 Å². The maximum atomic E-state index is 12.7. The molecule has 1 saturated heterocycles. The summed E-state index contributed by atoms with van der Waals surface area (Å²) in [6.07, 6.45) is 9.79. The summed E-state index contributed by atoms with van der Waals surface area (Å²) in [5.41, 5.74) is 1.07. The van der Waals surface area contributed by atoms with Gasteiger partial charge in [0.05, 0.1) is 0 Å². The van der Waals surface area contributed by atoms with Gasteiger partial charge in [-0.05, 0) is 31.7 Å². The molecule has 1 fully saturated rings. The Morgan fingerprint density at radius 3 is 2.76 bits per heavy atom. The zero-order valence-corrected chi connectivity index (χ0v) is 13.3. The molecule has 1 aromatic rings. The summed E-state index contributed by atoms with van der Waals surface area (Å²) < 4.78 is 0. The molecule has 1 aliphatic heterocycles. The molecule has 1 atom stereocenters. The van der Waals surface area contributed by atoms with Gasteiger partial charge in [-0.15, -0.1) is 0 Å². The highest BCUT2D eigenvalue weighted by molar-refractivity contribution is 5.79. The molecule has 0 bridgehead atoms. The van der Waals surface area contributed by atoms with Crippen LogP contribution in [0, 0.1) is 5.92 Å². The van der Waals surface area contributed by atoms with Gasteiger partial charge in [0.15, 0.2) is 0 Å².